The first-order valence-corrected chi connectivity index (χ1v) is 10.8. The number of hydrogen-bond donors (Lipinski definition) is 0. The van der Waals surface area contributed by atoms with Crippen molar-refractivity contribution >= 4 is 37.3 Å². The summed E-state index contributed by atoms with van der Waals surface area (Å²) in [7, 11) is -1.37. The summed E-state index contributed by atoms with van der Waals surface area (Å²) in [6, 6.07) is 12.1. The summed E-state index contributed by atoms with van der Waals surface area (Å²) < 4.78 is 26.8. The quantitative estimate of drug-likeness (QED) is 0.688. The number of carbonyl (C=O) groups excluding carboxylic acids is 1. The Bertz CT molecular complexity index is 1140. The molecule has 136 valence electrons. The van der Waals surface area contributed by atoms with Crippen LogP contribution in [0.5, 0.6) is 0 Å². The topological polar surface area (TPSA) is 68.5 Å². The molecule has 0 saturated heterocycles. The van der Waals surface area contributed by atoms with E-state index in [2.05, 4.69) is 18.0 Å². The van der Waals surface area contributed by atoms with Gasteiger partial charge in [-0.3, -0.25) is 4.79 Å². The average Bonchev–Trinajstić information content (AvgIpc) is 2.97. The Morgan fingerprint density at radius 1 is 1.12 bits per heavy atom. The normalized spacial score (nSPS) is 12.7. The third-order valence-electron chi connectivity index (χ3n) is 4.32. The number of aryl methyl sites for hydroxylation is 2. The van der Waals surface area contributed by atoms with E-state index in [1.54, 1.807) is 6.92 Å². The van der Waals surface area contributed by atoms with E-state index >= 15 is 0 Å². The molecule has 0 unspecified atom stereocenters. The van der Waals surface area contributed by atoms with Gasteiger partial charge in [-0.1, -0.05) is 37.3 Å². The number of amides is 1. The van der Waals surface area contributed by atoms with E-state index in [1.165, 1.54) is 41.2 Å². The lowest BCUT2D eigenvalue weighted by atomic mass is 10.1. The van der Waals surface area contributed by atoms with Gasteiger partial charge < -0.3 is 4.57 Å². The minimum atomic E-state index is -3.28. The zero-order valence-electron chi connectivity index (χ0n) is 14.9. The Hall–Kier alpha value is -2.25. The molecule has 1 amide bonds. The van der Waals surface area contributed by atoms with E-state index in [1.807, 2.05) is 23.7 Å². The van der Waals surface area contributed by atoms with E-state index in [9.17, 15) is 13.2 Å². The van der Waals surface area contributed by atoms with Crippen molar-refractivity contribution in [1.29, 1.82) is 0 Å². The third-order valence-corrected chi connectivity index (χ3v) is 7.17. The molecule has 0 spiro atoms. The number of fused-ring (bicyclic) bond motifs is 1. The molecule has 0 aliphatic carbocycles. The van der Waals surface area contributed by atoms with Gasteiger partial charge in [0.1, 0.15) is 0 Å². The second-order valence-corrected chi connectivity index (χ2v) is 9.19. The van der Waals surface area contributed by atoms with Crippen LogP contribution in [0.3, 0.4) is 0 Å². The molecule has 0 atom stereocenters. The summed E-state index contributed by atoms with van der Waals surface area (Å²) in [5.74, 6) is -0.354. The second-order valence-electron chi connectivity index (χ2n) is 5.91. The first-order chi connectivity index (χ1) is 12.4. The molecule has 26 heavy (non-hydrogen) atoms. The van der Waals surface area contributed by atoms with E-state index in [0.717, 1.165) is 16.6 Å². The summed E-state index contributed by atoms with van der Waals surface area (Å²) in [4.78, 5) is 17.6. The van der Waals surface area contributed by atoms with Gasteiger partial charge in [0.15, 0.2) is 14.6 Å². The van der Waals surface area contributed by atoms with Crippen LogP contribution >= 0.6 is 11.3 Å². The maximum atomic E-state index is 12.5. The highest BCUT2D eigenvalue weighted by molar-refractivity contribution is 7.91. The van der Waals surface area contributed by atoms with Crippen molar-refractivity contribution in [3.63, 3.8) is 0 Å². The number of aromatic nitrogens is 1. The maximum absolute atomic E-state index is 12.5. The molecule has 0 aliphatic rings. The van der Waals surface area contributed by atoms with Crippen molar-refractivity contribution in [1.82, 2.24) is 4.57 Å². The Morgan fingerprint density at radius 3 is 2.42 bits per heavy atom. The highest BCUT2D eigenvalue weighted by Crippen LogP contribution is 2.21. The summed E-state index contributed by atoms with van der Waals surface area (Å²) >= 11 is 1.47. The fourth-order valence-corrected chi connectivity index (χ4v) is 4.75. The monoisotopic (exact) mass is 388 g/mol. The van der Waals surface area contributed by atoms with Crippen LogP contribution < -0.4 is 4.80 Å². The fraction of sp³-hybridized carbons (Fsp3) is 0.263. The van der Waals surface area contributed by atoms with E-state index in [4.69, 9.17) is 0 Å². The average molecular weight is 389 g/mol. The lowest BCUT2D eigenvalue weighted by Gasteiger charge is -2.02. The van der Waals surface area contributed by atoms with Crippen molar-refractivity contribution in [3.05, 3.63) is 58.4 Å². The number of para-hydroxylation sites is 1. The van der Waals surface area contributed by atoms with Crippen LogP contribution in [0.2, 0.25) is 0 Å². The fourth-order valence-electron chi connectivity index (χ4n) is 2.80. The van der Waals surface area contributed by atoms with Crippen LogP contribution in [0.25, 0.3) is 10.2 Å². The van der Waals surface area contributed by atoms with Crippen LogP contribution in [-0.2, 0) is 23.3 Å². The molecule has 2 aromatic carbocycles. The molecule has 0 aliphatic heterocycles. The number of benzene rings is 2. The molecule has 5 nitrogen and oxygen atoms in total. The van der Waals surface area contributed by atoms with Gasteiger partial charge in [0, 0.05) is 12.6 Å². The van der Waals surface area contributed by atoms with Gasteiger partial charge >= 0.3 is 0 Å². The van der Waals surface area contributed by atoms with Crippen LogP contribution in [0.1, 0.15) is 29.8 Å². The summed E-state index contributed by atoms with van der Waals surface area (Å²) in [5.41, 5.74) is 2.67. The minimum Gasteiger partial charge on any atom is -0.319 e. The lowest BCUT2D eigenvalue weighted by Crippen LogP contribution is -2.14. The standard InChI is InChI=1S/C19H20N2O3S2/c1-4-13-7-6-8-16-17(13)21(3)19(25-16)20-18(22)14-9-11-15(12-10-14)26(23,24)5-2/h6-12H,4-5H2,1-3H3. The van der Waals surface area contributed by atoms with Crippen molar-refractivity contribution in [3.8, 4) is 0 Å². The smallest absolute Gasteiger partial charge is 0.279 e. The Kier molecular flexibility index (Phi) is 5.11. The van der Waals surface area contributed by atoms with E-state index in [0.29, 0.717) is 10.4 Å². The molecule has 0 radical (unpaired) electrons. The molecule has 7 heteroatoms. The highest BCUT2D eigenvalue weighted by atomic mass is 32.2. The van der Waals surface area contributed by atoms with E-state index in [-0.39, 0.29) is 16.6 Å². The zero-order valence-corrected chi connectivity index (χ0v) is 16.5. The Morgan fingerprint density at radius 2 is 1.81 bits per heavy atom. The van der Waals surface area contributed by atoms with Gasteiger partial charge in [-0.2, -0.15) is 4.99 Å². The van der Waals surface area contributed by atoms with Crippen LogP contribution in [0.15, 0.2) is 52.4 Å². The maximum Gasteiger partial charge on any atom is 0.279 e. The van der Waals surface area contributed by atoms with Crippen molar-refractivity contribution in [2.45, 2.75) is 25.2 Å². The molecule has 0 bridgehead atoms. The molecule has 3 rings (SSSR count). The predicted molar refractivity (Wildman–Crippen MR) is 104 cm³/mol. The van der Waals surface area contributed by atoms with Crippen LogP contribution in [0.4, 0.5) is 0 Å². The summed E-state index contributed by atoms with van der Waals surface area (Å²) in [6.45, 7) is 3.69. The number of carbonyl (C=O) groups is 1. The molecule has 0 N–H and O–H groups in total. The number of hydrogen-bond acceptors (Lipinski definition) is 4. The summed E-state index contributed by atoms with van der Waals surface area (Å²) in [5, 5.41) is 0. The molecular formula is C19H20N2O3S2. The third kappa shape index (κ3) is 3.37. The number of rotatable bonds is 4. The van der Waals surface area contributed by atoms with Gasteiger partial charge in [0.2, 0.25) is 0 Å². The van der Waals surface area contributed by atoms with Gasteiger partial charge in [0.25, 0.3) is 5.91 Å². The molecule has 0 saturated carbocycles. The molecule has 3 aromatic rings. The first kappa shape index (κ1) is 18.5. The van der Waals surface area contributed by atoms with Gasteiger partial charge in [-0.15, -0.1) is 0 Å². The molecule has 0 fully saturated rings. The predicted octanol–water partition coefficient (Wildman–Crippen LogP) is 3.34. The van der Waals surface area contributed by atoms with Gasteiger partial charge in [-0.25, -0.2) is 8.42 Å². The molecule has 1 aromatic heterocycles. The largest absolute Gasteiger partial charge is 0.319 e. The van der Waals surface area contributed by atoms with Gasteiger partial charge in [0.05, 0.1) is 20.9 Å². The summed E-state index contributed by atoms with van der Waals surface area (Å²) in [6.07, 6.45) is 0.905. The second kappa shape index (κ2) is 7.17. The van der Waals surface area contributed by atoms with Gasteiger partial charge in [-0.05, 0) is 42.3 Å². The Labute approximate surface area is 156 Å². The SMILES string of the molecule is CCc1cccc2sc(=NC(=O)c3ccc(S(=O)(=O)CC)cc3)n(C)c12. The Balaban J connectivity index is 2.02. The van der Waals surface area contributed by atoms with E-state index < -0.39 is 9.84 Å². The number of nitrogens with zero attached hydrogens (tertiary/aromatic N) is 2. The number of sulfone groups is 1. The van der Waals surface area contributed by atoms with Crippen LogP contribution in [-0.4, -0.2) is 24.6 Å². The van der Waals surface area contributed by atoms with Crippen molar-refractivity contribution < 1.29 is 13.2 Å². The zero-order chi connectivity index (χ0) is 18.9. The molecule has 1 heterocycles. The van der Waals surface area contributed by atoms with Crippen molar-refractivity contribution in [2.24, 2.45) is 12.0 Å². The van der Waals surface area contributed by atoms with Crippen molar-refractivity contribution in [2.75, 3.05) is 5.75 Å². The highest BCUT2D eigenvalue weighted by Gasteiger charge is 2.13. The molecular weight excluding hydrogens is 368 g/mol. The minimum absolute atomic E-state index is 0.0298. The lowest BCUT2D eigenvalue weighted by molar-refractivity contribution is 0.0998. The van der Waals surface area contributed by atoms with Crippen LogP contribution in [0, 0.1) is 0 Å². The number of thiazole rings is 1. The first-order valence-electron chi connectivity index (χ1n) is 8.36.